The first kappa shape index (κ1) is 21.7. The van der Waals surface area contributed by atoms with Crippen LogP contribution in [0.2, 0.25) is 0 Å². The van der Waals surface area contributed by atoms with Crippen LogP contribution in [0.4, 0.5) is 0 Å². The third-order valence-corrected chi connectivity index (χ3v) is 7.12. The van der Waals surface area contributed by atoms with Crippen molar-refractivity contribution in [1.82, 2.24) is 25.1 Å². The maximum absolute atomic E-state index is 13.7. The number of rotatable bonds is 6. The lowest BCUT2D eigenvalue weighted by Crippen LogP contribution is -2.64. The van der Waals surface area contributed by atoms with E-state index < -0.39 is 5.54 Å². The van der Waals surface area contributed by atoms with E-state index in [4.69, 9.17) is 0 Å². The summed E-state index contributed by atoms with van der Waals surface area (Å²) >= 11 is 0. The minimum absolute atomic E-state index is 0.0166. The topological polar surface area (TPSA) is 96.3 Å². The maximum atomic E-state index is 13.7. The van der Waals surface area contributed by atoms with Crippen LogP contribution in [-0.4, -0.2) is 49.8 Å². The summed E-state index contributed by atoms with van der Waals surface area (Å²) in [6, 6.07) is 9.86. The zero-order chi connectivity index (χ0) is 23.0. The molecular weight excluding hydrogens is 418 g/mol. The van der Waals surface area contributed by atoms with E-state index in [1.807, 2.05) is 37.3 Å². The van der Waals surface area contributed by atoms with Crippen LogP contribution in [0.5, 0.6) is 0 Å². The molecule has 2 fully saturated rings. The lowest BCUT2D eigenvalue weighted by Gasteiger charge is -2.44. The number of nitrogens with zero attached hydrogens (tertiary/aromatic N) is 3. The summed E-state index contributed by atoms with van der Waals surface area (Å²) in [6.07, 6.45) is 8.60. The van der Waals surface area contributed by atoms with E-state index in [0.717, 1.165) is 44.1 Å². The summed E-state index contributed by atoms with van der Waals surface area (Å²) in [7, 11) is 0. The van der Waals surface area contributed by atoms with Gasteiger partial charge in [-0.3, -0.25) is 14.4 Å². The molecule has 3 amide bonds. The zero-order valence-electron chi connectivity index (χ0n) is 19.0. The van der Waals surface area contributed by atoms with Crippen LogP contribution in [0, 0.1) is 0 Å². The molecule has 0 bridgehead atoms. The van der Waals surface area contributed by atoms with Gasteiger partial charge in [0.15, 0.2) is 5.69 Å². The van der Waals surface area contributed by atoms with Crippen molar-refractivity contribution in [2.75, 3.05) is 0 Å². The molecule has 0 radical (unpaired) electrons. The highest BCUT2D eigenvalue weighted by atomic mass is 16.2. The normalized spacial score (nSPS) is 23.2. The molecule has 2 aliphatic carbocycles. The van der Waals surface area contributed by atoms with E-state index in [9.17, 15) is 14.4 Å². The van der Waals surface area contributed by atoms with Gasteiger partial charge < -0.3 is 20.1 Å². The Hall–Kier alpha value is -3.16. The number of nitrogens with one attached hydrogen (secondary N) is 2. The predicted molar refractivity (Wildman–Crippen MR) is 122 cm³/mol. The van der Waals surface area contributed by atoms with E-state index in [1.165, 1.54) is 12.7 Å². The molecule has 0 spiro atoms. The second kappa shape index (κ2) is 8.65. The van der Waals surface area contributed by atoms with Crippen molar-refractivity contribution in [2.24, 2.45) is 0 Å². The first-order valence-corrected chi connectivity index (χ1v) is 12.0. The number of aromatic nitrogens is 2. The van der Waals surface area contributed by atoms with Crippen LogP contribution >= 0.6 is 0 Å². The third kappa shape index (κ3) is 4.14. The molecule has 1 aromatic carbocycles. The fourth-order valence-corrected chi connectivity index (χ4v) is 5.19. The average Bonchev–Trinajstić information content (AvgIpc) is 3.56. The van der Waals surface area contributed by atoms with Gasteiger partial charge >= 0.3 is 0 Å². The molecule has 5 rings (SSSR count). The molecule has 1 aromatic heterocycles. The van der Waals surface area contributed by atoms with E-state index in [1.54, 1.807) is 9.47 Å². The summed E-state index contributed by atoms with van der Waals surface area (Å²) in [4.78, 5) is 46.1. The van der Waals surface area contributed by atoms with Crippen molar-refractivity contribution < 1.29 is 14.4 Å². The molecule has 2 heterocycles. The van der Waals surface area contributed by atoms with Gasteiger partial charge in [0.25, 0.3) is 11.8 Å². The van der Waals surface area contributed by atoms with E-state index in [2.05, 4.69) is 15.6 Å². The monoisotopic (exact) mass is 449 g/mol. The molecule has 1 atom stereocenters. The van der Waals surface area contributed by atoms with Crippen molar-refractivity contribution in [3.63, 3.8) is 0 Å². The van der Waals surface area contributed by atoms with E-state index in [-0.39, 0.29) is 42.0 Å². The summed E-state index contributed by atoms with van der Waals surface area (Å²) < 4.78 is 1.68. The van der Waals surface area contributed by atoms with Gasteiger partial charge in [0.05, 0.1) is 12.9 Å². The molecule has 33 heavy (non-hydrogen) atoms. The Kier molecular flexibility index (Phi) is 5.68. The SMILES string of the molecule is CC1(C(=O)NCc2ccccc2)Cn2cnc(C(=O)NC3CCCCC3)c2C(=O)N1C1CC1. The lowest BCUT2D eigenvalue weighted by atomic mass is 9.93. The summed E-state index contributed by atoms with van der Waals surface area (Å²) in [5, 5.41) is 6.08. The van der Waals surface area contributed by atoms with Gasteiger partial charge in [-0.2, -0.15) is 0 Å². The Balaban J connectivity index is 1.38. The number of hydrogen-bond donors (Lipinski definition) is 2. The molecule has 8 heteroatoms. The van der Waals surface area contributed by atoms with Crippen LogP contribution < -0.4 is 10.6 Å². The second-order valence-corrected chi connectivity index (χ2v) is 9.73. The number of amides is 3. The van der Waals surface area contributed by atoms with Crippen LogP contribution in [0.3, 0.4) is 0 Å². The number of imidazole rings is 1. The third-order valence-electron chi connectivity index (χ3n) is 7.12. The minimum Gasteiger partial charge on any atom is -0.350 e. The number of benzene rings is 1. The van der Waals surface area contributed by atoms with Gasteiger partial charge in [0.1, 0.15) is 11.2 Å². The Morgan fingerprint density at radius 3 is 2.52 bits per heavy atom. The van der Waals surface area contributed by atoms with Crippen molar-refractivity contribution in [3.05, 3.63) is 53.6 Å². The lowest BCUT2D eigenvalue weighted by molar-refractivity contribution is -0.133. The van der Waals surface area contributed by atoms with Gasteiger partial charge in [0, 0.05) is 18.6 Å². The molecule has 1 unspecified atom stereocenters. The van der Waals surface area contributed by atoms with Crippen LogP contribution in [0.1, 0.15) is 78.4 Å². The molecule has 3 aliphatic rings. The summed E-state index contributed by atoms with van der Waals surface area (Å²) in [6.45, 7) is 2.48. The first-order valence-electron chi connectivity index (χ1n) is 12.0. The molecule has 2 N–H and O–H groups in total. The smallest absolute Gasteiger partial charge is 0.274 e. The van der Waals surface area contributed by atoms with Crippen molar-refractivity contribution in [1.29, 1.82) is 0 Å². The number of fused-ring (bicyclic) bond motifs is 1. The fraction of sp³-hybridized carbons (Fsp3) is 0.520. The van der Waals surface area contributed by atoms with Gasteiger partial charge in [-0.15, -0.1) is 0 Å². The zero-order valence-corrected chi connectivity index (χ0v) is 19.0. The molecule has 2 aromatic rings. The standard InChI is InChI=1S/C25H31N5O3/c1-25(24(33)26-14-17-8-4-2-5-9-17)15-29-16-27-20(21(29)23(32)30(25)19-12-13-19)22(31)28-18-10-6-3-7-11-18/h2,4-5,8-9,16,18-19H,3,6-7,10-15H2,1H3,(H,26,33)(H,28,31). The molecule has 174 valence electrons. The van der Waals surface area contributed by atoms with Crippen molar-refractivity contribution >= 4 is 17.7 Å². The molecule has 0 saturated heterocycles. The van der Waals surface area contributed by atoms with Crippen LogP contribution in [0.25, 0.3) is 0 Å². The van der Waals surface area contributed by atoms with Gasteiger partial charge in [0.2, 0.25) is 5.91 Å². The molecule has 8 nitrogen and oxygen atoms in total. The summed E-state index contributed by atoms with van der Waals surface area (Å²) in [5.41, 5.74) is 0.420. The second-order valence-electron chi connectivity index (χ2n) is 9.73. The van der Waals surface area contributed by atoms with Gasteiger partial charge in [-0.05, 0) is 38.2 Å². The maximum Gasteiger partial charge on any atom is 0.274 e. The predicted octanol–water partition coefficient (Wildman–Crippen LogP) is 2.64. The number of carbonyl (C=O) groups is 3. The highest BCUT2D eigenvalue weighted by Gasteiger charge is 2.53. The Morgan fingerprint density at radius 2 is 1.82 bits per heavy atom. The average molecular weight is 450 g/mol. The number of hydrogen-bond acceptors (Lipinski definition) is 4. The van der Waals surface area contributed by atoms with E-state index >= 15 is 0 Å². The Bertz CT molecular complexity index is 1060. The van der Waals surface area contributed by atoms with Gasteiger partial charge in [-0.1, -0.05) is 49.6 Å². The largest absolute Gasteiger partial charge is 0.350 e. The Labute approximate surface area is 193 Å². The van der Waals surface area contributed by atoms with Crippen molar-refractivity contribution in [2.45, 2.75) is 82.6 Å². The number of carbonyl (C=O) groups excluding carboxylic acids is 3. The highest BCUT2D eigenvalue weighted by Crippen LogP contribution is 2.39. The first-order chi connectivity index (χ1) is 16.0. The molecule has 2 saturated carbocycles. The molecule has 1 aliphatic heterocycles. The highest BCUT2D eigenvalue weighted by molar-refractivity contribution is 6.07. The van der Waals surface area contributed by atoms with E-state index in [0.29, 0.717) is 12.2 Å². The van der Waals surface area contributed by atoms with Crippen molar-refractivity contribution in [3.8, 4) is 0 Å². The molecular formula is C25H31N5O3. The van der Waals surface area contributed by atoms with Crippen LogP contribution in [0.15, 0.2) is 36.7 Å². The minimum atomic E-state index is -1.04. The summed E-state index contributed by atoms with van der Waals surface area (Å²) in [5.74, 6) is -0.775. The fourth-order valence-electron chi connectivity index (χ4n) is 5.19. The van der Waals surface area contributed by atoms with Gasteiger partial charge in [-0.25, -0.2) is 4.98 Å². The quantitative estimate of drug-likeness (QED) is 0.709. The Morgan fingerprint density at radius 1 is 1.09 bits per heavy atom. The van der Waals surface area contributed by atoms with Crippen LogP contribution in [-0.2, 0) is 17.9 Å².